The largest absolute Gasteiger partial charge is 0.481 e. The van der Waals surface area contributed by atoms with Gasteiger partial charge in [0.2, 0.25) is 20.0 Å². The third kappa shape index (κ3) is 9.83. The highest BCUT2D eigenvalue weighted by molar-refractivity contribution is 7.90. The van der Waals surface area contributed by atoms with Crippen molar-refractivity contribution in [2.75, 3.05) is 25.1 Å². The van der Waals surface area contributed by atoms with E-state index in [1.165, 1.54) is 0 Å². The molecule has 0 amide bonds. The minimum Gasteiger partial charge on any atom is -0.481 e. The fourth-order valence-corrected chi connectivity index (χ4v) is 2.28. The van der Waals surface area contributed by atoms with E-state index < -0.39 is 31.8 Å². The zero-order valence-corrected chi connectivity index (χ0v) is 10.3. The molecule has 0 saturated carbocycles. The van der Waals surface area contributed by atoms with Gasteiger partial charge in [0.05, 0.1) is 18.4 Å². The van der Waals surface area contributed by atoms with Gasteiger partial charge in [0.15, 0.2) is 0 Å². The summed E-state index contributed by atoms with van der Waals surface area (Å²) in [6.45, 7) is -0.461. The minimum absolute atomic E-state index is 0.212. The summed E-state index contributed by atoms with van der Waals surface area (Å²) in [5, 5.41) is 8.27. The molecule has 96 valence electrons. The van der Waals surface area contributed by atoms with Crippen LogP contribution in [0, 0.1) is 0 Å². The maximum atomic E-state index is 11.2. The van der Waals surface area contributed by atoms with Gasteiger partial charge in [0, 0.05) is 13.1 Å². The number of carbonyl (C=O) groups is 1. The van der Waals surface area contributed by atoms with Crippen LogP contribution < -0.4 is 9.44 Å². The second-order valence-corrected chi connectivity index (χ2v) is 6.78. The van der Waals surface area contributed by atoms with E-state index in [0.29, 0.717) is 0 Å². The first-order valence-electron chi connectivity index (χ1n) is 4.26. The summed E-state index contributed by atoms with van der Waals surface area (Å²) in [7, 11) is -7.06. The van der Waals surface area contributed by atoms with Crippen molar-refractivity contribution in [3.63, 3.8) is 0 Å². The Bertz CT molecular complexity index is 426. The Morgan fingerprint density at radius 3 is 2.12 bits per heavy atom. The number of hydrogen-bond donors (Lipinski definition) is 3. The number of sulfonamides is 2. The summed E-state index contributed by atoms with van der Waals surface area (Å²) in [5.74, 6) is -1.54. The van der Waals surface area contributed by atoms with E-state index in [2.05, 4.69) is 0 Å². The van der Waals surface area contributed by atoms with Crippen LogP contribution >= 0.6 is 0 Å². The summed E-state index contributed by atoms with van der Waals surface area (Å²) < 4.78 is 47.6. The van der Waals surface area contributed by atoms with Crippen LogP contribution in [-0.2, 0) is 24.8 Å². The van der Waals surface area contributed by atoms with E-state index >= 15 is 0 Å². The normalized spacial score (nSPS) is 12.6. The van der Waals surface area contributed by atoms with Crippen molar-refractivity contribution in [3.8, 4) is 0 Å². The van der Waals surface area contributed by atoms with E-state index in [0.717, 1.165) is 6.26 Å². The highest BCUT2D eigenvalue weighted by atomic mass is 32.2. The lowest BCUT2D eigenvalue weighted by atomic mass is 10.5. The minimum atomic E-state index is -3.64. The van der Waals surface area contributed by atoms with Crippen molar-refractivity contribution in [2.24, 2.45) is 0 Å². The number of carboxylic acids is 1. The van der Waals surface area contributed by atoms with Gasteiger partial charge in [0.1, 0.15) is 0 Å². The van der Waals surface area contributed by atoms with Crippen LogP contribution in [0.4, 0.5) is 0 Å². The number of aliphatic carboxylic acids is 1. The van der Waals surface area contributed by atoms with Gasteiger partial charge >= 0.3 is 5.97 Å². The number of rotatable bonds is 8. The fourth-order valence-electron chi connectivity index (χ4n) is 0.747. The topological polar surface area (TPSA) is 130 Å². The van der Waals surface area contributed by atoms with Crippen LogP contribution in [0.2, 0.25) is 0 Å². The summed E-state index contributed by atoms with van der Waals surface area (Å²) >= 11 is 0. The Balaban J connectivity index is 3.93. The molecule has 0 aliphatic rings. The molecule has 3 N–H and O–H groups in total. The molecule has 0 bridgehead atoms. The average molecular weight is 274 g/mol. The Morgan fingerprint density at radius 1 is 1.12 bits per heavy atom. The van der Waals surface area contributed by atoms with Gasteiger partial charge in [-0.3, -0.25) is 4.79 Å². The molecule has 0 spiro atoms. The van der Waals surface area contributed by atoms with E-state index in [1.807, 2.05) is 9.44 Å². The Morgan fingerprint density at radius 2 is 1.69 bits per heavy atom. The highest BCUT2D eigenvalue weighted by Gasteiger charge is 2.11. The molecular weight excluding hydrogens is 260 g/mol. The molecule has 10 heteroatoms. The van der Waals surface area contributed by atoms with Crippen molar-refractivity contribution >= 4 is 26.0 Å². The Labute approximate surface area is 94.1 Å². The van der Waals surface area contributed by atoms with Crippen LogP contribution in [0.15, 0.2) is 0 Å². The molecule has 0 aliphatic carbocycles. The summed E-state index contributed by atoms with van der Waals surface area (Å²) in [4.78, 5) is 10.1. The van der Waals surface area contributed by atoms with Crippen LogP contribution in [0.3, 0.4) is 0 Å². The van der Waals surface area contributed by atoms with Crippen LogP contribution in [0.5, 0.6) is 0 Å². The molecule has 0 saturated heterocycles. The molecule has 0 atom stereocenters. The second kappa shape index (κ2) is 6.13. The van der Waals surface area contributed by atoms with E-state index in [9.17, 15) is 21.6 Å². The molecular formula is C6H14N2O6S2. The van der Waals surface area contributed by atoms with Crippen molar-refractivity contribution < 1.29 is 26.7 Å². The first kappa shape index (κ1) is 15.3. The van der Waals surface area contributed by atoms with E-state index in [4.69, 9.17) is 5.11 Å². The van der Waals surface area contributed by atoms with Crippen LogP contribution in [0.1, 0.15) is 6.42 Å². The van der Waals surface area contributed by atoms with Crippen molar-refractivity contribution in [1.82, 2.24) is 9.44 Å². The van der Waals surface area contributed by atoms with Gasteiger partial charge in [-0.15, -0.1) is 0 Å². The molecule has 0 aromatic carbocycles. The van der Waals surface area contributed by atoms with Crippen LogP contribution in [-0.4, -0.2) is 53.0 Å². The maximum Gasteiger partial charge on any atom is 0.304 e. The molecule has 16 heavy (non-hydrogen) atoms. The lowest BCUT2D eigenvalue weighted by molar-refractivity contribution is -0.136. The average Bonchev–Trinajstić information content (AvgIpc) is 1.99. The first-order chi connectivity index (χ1) is 7.12. The quantitative estimate of drug-likeness (QED) is 0.466. The van der Waals surface area contributed by atoms with Gasteiger partial charge in [-0.2, -0.15) is 0 Å². The third-order valence-electron chi connectivity index (χ3n) is 1.40. The number of hydrogen-bond acceptors (Lipinski definition) is 5. The van der Waals surface area contributed by atoms with Crippen molar-refractivity contribution in [2.45, 2.75) is 6.42 Å². The summed E-state index contributed by atoms with van der Waals surface area (Å²) in [5.41, 5.74) is 0. The molecule has 0 heterocycles. The van der Waals surface area contributed by atoms with Gasteiger partial charge in [-0.1, -0.05) is 0 Å². The lowest BCUT2D eigenvalue weighted by Crippen LogP contribution is -2.34. The lowest BCUT2D eigenvalue weighted by Gasteiger charge is -2.05. The van der Waals surface area contributed by atoms with E-state index in [1.54, 1.807) is 0 Å². The molecule has 0 fully saturated rings. The smallest absolute Gasteiger partial charge is 0.304 e. The van der Waals surface area contributed by atoms with Crippen LogP contribution in [0.25, 0.3) is 0 Å². The zero-order valence-electron chi connectivity index (χ0n) is 8.63. The molecule has 8 nitrogen and oxygen atoms in total. The predicted octanol–water partition coefficient (Wildman–Crippen LogP) is -2.07. The zero-order chi connectivity index (χ0) is 12.8. The highest BCUT2D eigenvalue weighted by Crippen LogP contribution is 1.85. The third-order valence-corrected chi connectivity index (χ3v) is 3.51. The molecule has 0 aromatic heterocycles. The Kier molecular flexibility index (Phi) is 5.86. The first-order valence-corrected chi connectivity index (χ1v) is 7.80. The molecule has 0 rings (SSSR count). The predicted molar refractivity (Wildman–Crippen MR) is 56.9 cm³/mol. The molecule has 0 aromatic rings. The maximum absolute atomic E-state index is 11.2. The van der Waals surface area contributed by atoms with Crippen molar-refractivity contribution in [3.05, 3.63) is 0 Å². The van der Waals surface area contributed by atoms with Gasteiger partial charge < -0.3 is 5.11 Å². The van der Waals surface area contributed by atoms with Gasteiger partial charge in [-0.05, 0) is 0 Å². The fraction of sp³-hybridized carbons (Fsp3) is 0.833. The molecule has 0 unspecified atom stereocenters. The monoisotopic (exact) mass is 274 g/mol. The summed E-state index contributed by atoms with van der Waals surface area (Å²) in [6, 6.07) is 0. The Hall–Kier alpha value is -0.710. The van der Waals surface area contributed by atoms with Crippen molar-refractivity contribution in [1.29, 1.82) is 0 Å². The SMILES string of the molecule is CS(=O)(=O)NCCS(=O)(=O)NCCC(=O)O. The molecule has 0 aliphatic heterocycles. The van der Waals surface area contributed by atoms with Gasteiger partial charge in [0.25, 0.3) is 0 Å². The molecule has 0 radical (unpaired) electrons. The number of carboxylic acid groups (broad SMARTS) is 1. The number of nitrogens with one attached hydrogen (secondary N) is 2. The van der Waals surface area contributed by atoms with Gasteiger partial charge in [-0.25, -0.2) is 26.3 Å². The van der Waals surface area contributed by atoms with E-state index in [-0.39, 0.29) is 19.5 Å². The standard InChI is InChI=1S/C6H14N2O6S2/c1-15(11,12)7-4-5-16(13,14)8-3-2-6(9)10/h7-8H,2-5H2,1H3,(H,9,10). The second-order valence-electron chi connectivity index (χ2n) is 3.02. The summed E-state index contributed by atoms with van der Waals surface area (Å²) in [6.07, 6.45) is 0.593.